The van der Waals surface area contributed by atoms with Crippen molar-refractivity contribution < 1.29 is 9.90 Å². The summed E-state index contributed by atoms with van der Waals surface area (Å²) in [4.78, 5) is 10.6. The third-order valence-electron chi connectivity index (χ3n) is 2.66. The van der Waals surface area contributed by atoms with Crippen LogP contribution in [-0.4, -0.2) is 11.1 Å². The summed E-state index contributed by atoms with van der Waals surface area (Å²) in [6.07, 6.45) is 0. The Bertz CT molecular complexity index is 450. The monoisotopic (exact) mass is 249 g/mol. The fourth-order valence-corrected chi connectivity index (χ4v) is 1.71. The number of primary amides is 1. The standard InChI is InChI=1S/C13H19N3O2/c1-7(2)10-5-9(15-16-13(14)18)6-11(8(3)4)12(10)17/h5-8,17H,1-4H3,(H2,14,18). The van der Waals surface area contributed by atoms with Crippen molar-refractivity contribution in [3.63, 3.8) is 0 Å². The predicted octanol–water partition coefficient (Wildman–Crippen LogP) is 3.80. The first-order valence-electron chi connectivity index (χ1n) is 5.91. The highest BCUT2D eigenvalue weighted by Gasteiger charge is 2.15. The second-order valence-corrected chi connectivity index (χ2v) is 4.82. The third kappa shape index (κ3) is 3.29. The van der Waals surface area contributed by atoms with Crippen molar-refractivity contribution in [1.29, 1.82) is 0 Å². The van der Waals surface area contributed by atoms with Gasteiger partial charge in [0.05, 0.1) is 5.69 Å². The van der Waals surface area contributed by atoms with Gasteiger partial charge in [0.2, 0.25) is 0 Å². The lowest BCUT2D eigenvalue weighted by Gasteiger charge is -2.15. The Kier molecular flexibility index (Phi) is 4.42. The molecule has 0 aliphatic rings. The number of benzene rings is 1. The number of carbonyl (C=O) groups excluding carboxylic acids is 1. The normalized spacial score (nSPS) is 11.7. The summed E-state index contributed by atoms with van der Waals surface area (Å²) in [5.74, 6) is 0.607. The zero-order valence-corrected chi connectivity index (χ0v) is 11.1. The summed E-state index contributed by atoms with van der Waals surface area (Å²) >= 11 is 0. The van der Waals surface area contributed by atoms with Crippen LogP contribution in [0.3, 0.4) is 0 Å². The number of urea groups is 1. The van der Waals surface area contributed by atoms with Gasteiger partial charge in [0, 0.05) is 0 Å². The van der Waals surface area contributed by atoms with Crippen LogP contribution in [0, 0.1) is 0 Å². The first kappa shape index (κ1) is 14.2. The van der Waals surface area contributed by atoms with Gasteiger partial charge in [0.25, 0.3) is 0 Å². The molecule has 1 aromatic rings. The summed E-state index contributed by atoms with van der Waals surface area (Å²) < 4.78 is 0. The van der Waals surface area contributed by atoms with Crippen molar-refractivity contribution in [2.24, 2.45) is 16.0 Å². The highest BCUT2D eigenvalue weighted by atomic mass is 16.3. The number of azo groups is 1. The quantitative estimate of drug-likeness (QED) is 0.798. The molecule has 0 unspecified atom stereocenters. The molecule has 0 atom stereocenters. The number of nitrogens with two attached hydrogens (primary N) is 1. The Morgan fingerprint density at radius 3 is 1.94 bits per heavy atom. The van der Waals surface area contributed by atoms with Gasteiger partial charge in [-0.3, -0.25) is 0 Å². The zero-order valence-electron chi connectivity index (χ0n) is 11.1. The van der Waals surface area contributed by atoms with E-state index in [0.29, 0.717) is 5.69 Å². The van der Waals surface area contributed by atoms with Gasteiger partial charge in [0.15, 0.2) is 0 Å². The average molecular weight is 249 g/mol. The van der Waals surface area contributed by atoms with Crippen molar-refractivity contribution in [3.8, 4) is 5.75 Å². The maximum Gasteiger partial charge on any atom is 0.356 e. The largest absolute Gasteiger partial charge is 0.507 e. The van der Waals surface area contributed by atoms with Gasteiger partial charge in [-0.15, -0.1) is 5.11 Å². The molecular formula is C13H19N3O2. The van der Waals surface area contributed by atoms with Crippen LogP contribution < -0.4 is 5.73 Å². The average Bonchev–Trinajstić information content (AvgIpc) is 2.26. The Labute approximate surface area is 107 Å². The molecule has 18 heavy (non-hydrogen) atoms. The molecule has 0 saturated heterocycles. The van der Waals surface area contributed by atoms with Crippen LogP contribution in [0.2, 0.25) is 0 Å². The molecule has 0 heterocycles. The van der Waals surface area contributed by atoms with E-state index in [-0.39, 0.29) is 17.6 Å². The summed E-state index contributed by atoms with van der Waals surface area (Å²) in [6, 6.07) is 2.61. The summed E-state index contributed by atoms with van der Waals surface area (Å²) in [5.41, 5.74) is 7.03. The molecule has 3 N–H and O–H groups in total. The molecule has 0 spiro atoms. The van der Waals surface area contributed by atoms with E-state index in [2.05, 4.69) is 10.2 Å². The molecule has 0 aromatic heterocycles. The maximum atomic E-state index is 10.6. The van der Waals surface area contributed by atoms with Gasteiger partial charge in [-0.05, 0) is 35.1 Å². The molecule has 0 aliphatic carbocycles. The number of rotatable bonds is 3. The van der Waals surface area contributed by atoms with E-state index in [1.54, 1.807) is 12.1 Å². The molecule has 2 amide bonds. The number of phenolic OH excluding ortho intramolecular Hbond substituents is 1. The van der Waals surface area contributed by atoms with Gasteiger partial charge in [-0.1, -0.05) is 32.8 Å². The second kappa shape index (κ2) is 5.62. The zero-order chi connectivity index (χ0) is 13.9. The van der Waals surface area contributed by atoms with E-state index in [9.17, 15) is 9.90 Å². The van der Waals surface area contributed by atoms with Crippen molar-refractivity contribution in [2.75, 3.05) is 0 Å². The molecule has 0 fully saturated rings. The summed E-state index contributed by atoms with van der Waals surface area (Å²) in [7, 11) is 0. The molecular weight excluding hydrogens is 230 g/mol. The van der Waals surface area contributed by atoms with E-state index in [0.717, 1.165) is 11.1 Å². The number of nitrogens with zero attached hydrogens (tertiary/aromatic N) is 2. The number of hydrogen-bond acceptors (Lipinski definition) is 3. The minimum Gasteiger partial charge on any atom is -0.507 e. The van der Waals surface area contributed by atoms with Crippen LogP contribution in [-0.2, 0) is 0 Å². The second-order valence-electron chi connectivity index (χ2n) is 4.82. The lowest BCUT2D eigenvalue weighted by atomic mass is 9.93. The first-order chi connectivity index (χ1) is 8.32. The van der Waals surface area contributed by atoms with Gasteiger partial charge < -0.3 is 10.8 Å². The van der Waals surface area contributed by atoms with Crippen molar-refractivity contribution in [3.05, 3.63) is 23.3 Å². The lowest BCUT2D eigenvalue weighted by molar-refractivity contribution is 0.255. The Morgan fingerprint density at radius 2 is 1.61 bits per heavy atom. The fraction of sp³-hybridized carbons (Fsp3) is 0.462. The van der Waals surface area contributed by atoms with Gasteiger partial charge in [-0.2, -0.15) is 0 Å². The minimum atomic E-state index is -0.833. The van der Waals surface area contributed by atoms with Gasteiger partial charge in [-0.25, -0.2) is 4.79 Å². The maximum absolute atomic E-state index is 10.6. The molecule has 1 rings (SSSR count). The molecule has 5 heteroatoms. The Morgan fingerprint density at radius 1 is 1.17 bits per heavy atom. The molecule has 0 aliphatic heterocycles. The molecule has 0 radical (unpaired) electrons. The highest BCUT2D eigenvalue weighted by Crippen LogP contribution is 2.37. The number of aromatic hydroxyl groups is 1. The van der Waals surface area contributed by atoms with Crippen molar-refractivity contribution in [2.45, 2.75) is 39.5 Å². The topological polar surface area (TPSA) is 88.0 Å². The van der Waals surface area contributed by atoms with Gasteiger partial charge >= 0.3 is 6.03 Å². The van der Waals surface area contributed by atoms with E-state index in [1.165, 1.54) is 0 Å². The SMILES string of the molecule is CC(C)c1cc(N=NC(N)=O)cc(C(C)C)c1O. The Balaban J connectivity index is 3.33. The smallest absolute Gasteiger partial charge is 0.356 e. The van der Waals surface area contributed by atoms with E-state index in [1.807, 2.05) is 27.7 Å². The van der Waals surface area contributed by atoms with Crippen LogP contribution in [0.25, 0.3) is 0 Å². The minimum absolute atomic E-state index is 0.159. The molecule has 98 valence electrons. The molecule has 0 bridgehead atoms. The predicted molar refractivity (Wildman–Crippen MR) is 70.4 cm³/mol. The van der Waals surface area contributed by atoms with E-state index < -0.39 is 6.03 Å². The van der Waals surface area contributed by atoms with Crippen LogP contribution in [0.15, 0.2) is 22.4 Å². The van der Waals surface area contributed by atoms with Crippen LogP contribution in [0.4, 0.5) is 10.5 Å². The summed E-state index contributed by atoms with van der Waals surface area (Å²) in [6.45, 7) is 7.92. The van der Waals surface area contributed by atoms with E-state index in [4.69, 9.17) is 5.73 Å². The third-order valence-corrected chi connectivity index (χ3v) is 2.66. The lowest BCUT2D eigenvalue weighted by Crippen LogP contribution is -2.02. The number of carbonyl (C=O) groups is 1. The Hall–Kier alpha value is -1.91. The fourth-order valence-electron chi connectivity index (χ4n) is 1.71. The summed E-state index contributed by atoms with van der Waals surface area (Å²) in [5, 5.41) is 17.2. The van der Waals surface area contributed by atoms with Crippen LogP contribution >= 0.6 is 0 Å². The number of hydrogen-bond donors (Lipinski definition) is 2. The molecule has 5 nitrogen and oxygen atoms in total. The van der Waals surface area contributed by atoms with Gasteiger partial charge in [0.1, 0.15) is 5.75 Å². The highest BCUT2D eigenvalue weighted by molar-refractivity contribution is 5.72. The first-order valence-corrected chi connectivity index (χ1v) is 5.91. The van der Waals surface area contributed by atoms with Crippen LogP contribution in [0.1, 0.15) is 50.7 Å². The molecule has 0 saturated carbocycles. The van der Waals surface area contributed by atoms with Crippen molar-refractivity contribution in [1.82, 2.24) is 0 Å². The number of amides is 2. The van der Waals surface area contributed by atoms with Crippen molar-refractivity contribution >= 4 is 11.7 Å². The van der Waals surface area contributed by atoms with Crippen LogP contribution in [0.5, 0.6) is 5.75 Å². The van der Waals surface area contributed by atoms with E-state index >= 15 is 0 Å². The molecule has 1 aromatic carbocycles. The number of phenols is 1.